The molecule has 0 spiro atoms. The summed E-state index contributed by atoms with van der Waals surface area (Å²) >= 11 is 0. The van der Waals surface area contributed by atoms with Crippen LogP contribution in [0.1, 0.15) is 35.6 Å². The van der Waals surface area contributed by atoms with Crippen LogP contribution in [0.2, 0.25) is 0 Å². The van der Waals surface area contributed by atoms with Crippen LogP contribution in [0.3, 0.4) is 0 Å². The monoisotopic (exact) mass is 272 g/mol. The summed E-state index contributed by atoms with van der Waals surface area (Å²) in [6.07, 6.45) is 0.215. The highest BCUT2D eigenvalue weighted by atomic mass is 19.1. The third-order valence-electron chi connectivity index (χ3n) is 3.83. The zero-order chi connectivity index (χ0) is 14.1. The SMILES string of the molecule is CC(O)c1ccc(OCC2Cc3ccccc32)cc1F. The first-order valence-corrected chi connectivity index (χ1v) is 6.83. The van der Waals surface area contributed by atoms with Crippen LogP contribution in [-0.2, 0) is 6.42 Å². The maximum atomic E-state index is 13.7. The van der Waals surface area contributed by atoms with Crippen LogP contribution in [-0.4, -0.2) is 11.7 Å². The van der Waals surface area contributed by atoms with Crippen molar-refractivity contribution in [3.63, 3.8) is 0 Å². The normalized spacial score (nSPS) is 18.1. The van der Waals surface area contributed by atoms with Crippen LogP contribution >= 0.6 is 0 Å². The molecule has 3 rings (SSSR count). The van der Waals surface area contributed by atoms with Gasteiger partial charge in [-0.05, 0) is 36.6 Å². The van der Waals surface area contributed by atoms with Gasteiger partial charge >= 0.3 is 0 Å². The van der Waals surface area contributed by atoms with Crippen molar-refractivity contribution < 1.29 is 14.2 Å². The summed E-state index contributed by atoms with van der Waals surface area (Å²) in [6, 6.07) is 12.9. The van der Waals surface area contributed by atoms with Crippen molar-refractivity contribution >= 4 is 0 Å². The number of rotatable bonds is 4. The van der Waals surface area contributed by atoms with Gasteiger partial charge < -0.3 is 9.84 Å². The third kappa shape index (κ3) is 2.41. The molecule has 20 heavy (non-hydrogen) atoms. The Hall–Kier alpha value is -1.87. The van der Waals surface area contributed by atoms with Gasteiger partial charge in [-0.1, -0.05) is 24.3 Å². The lowest BCUT2D eigenvalue weighted by Crippen LogP contribution is -2.23. The van der Waals surface area contributed by atoms with Crippen LogP contribution in [0, 0.1) is 5.82 Å². The van der Waals surface area contributed by atoms with E-state index in [2.05, 4.69) is 12.1 Å². The van der Waals surface area contributed by atoms with Crippen LogP contribution in [0.4, 0.5) is 4.39 Å². The summed E-state index contributed by atoms with van der Waals surface area (Å²) in [5, 5.41) is 9.39. The number of aliphatic hydroxyl groups excluding tert-OH is 1. The molecule has 1 N–H and O–H groups in total. The Balaban J connectivity index is 1.64. The van der Waals surface area contributed by atoms with Gasteiger partial charge in [-0.15, -0.1) is 0 Å². The van der Waals surface area contributed by atoms with Crippen molar-refractivity contribution in [1.82, 2.24) is 0 Å². The molecule has 2 aromatic rings. The van der Waals surface area contributed by atoms with Gasteiger partial charge in [-0.2, -0.15) is 0 Å². The number of hydrogen-bond donors (Lipinski definition) is 1. The van der Waals surface area contributed by atoms with Gasteiger partial charge in [0.2, 0.25) is 0 Å². The fourth-order valence-corrected chi connectivity index (χ4v) is 2.64. The smallest absolute Gasteiger partial charge is 0.132 e. The van der Waals surface area contributed by atoms with E-state index in [9.17, 15) is 9.50 Å². The molecule has 3 heteroatoms. The quantitative estimate of drug-likeness (QED) is 0.921. The van der Waals surface area contributed by atoms with Gasteiger partial charge in [-0.25, -0.2) is 4.39 Å². The van der Waals surface area contributed by atoms with Gasteiger partial charge in [0.05, 0.1) is 12.7 Å². The molecular weight excluding hydrogens is 255 g/mol. The molecule has 1 aliphatic rings. The van der Waals surface area contributed by atoms with Gasteiger partial charge in [-0.3, -0.25) is 0 Å². The van der Waals surface area contributed by atoms with Crippen LogP contribution < -0.4 is 4.74 Å². The van der Waals surface area contributed by atoms with Crippen molar-refractivity contribution in [2.24, 2.45) is 0 Å². The predicted octanol–water partition coefficient (Wildman–Crippen LogP) is 3.60. The molecule has 0 radical (unpaired) electrons. The molecule has 0 heterocycles. The molecule has 2 unspecified atom stereocenters. The molecule has 2 nitrogen and oxygen atoms in total. The molecular formula is C17H17FO2. The van der Waals surface area contributed by atoms with E-state index in [1.165, 1.54) is 17.2 Å². The maximum Gasteiger partial charge on any atom is 0.132 e. The highest BCUT2D eigenvalue weighted by molar-refractivity contribution is 5.40. The number of benzene rings is 2. The summed E-state index contributed by atoms with van der Waals surface area (Å²) in [6.45, 7) is 2.11. The van der Waals surface area contributed by atoms with E-state index in [1.807, 2.05) is 12.1 Å². The largest absolute Gasteiger partial charge is 0.493 e. The van der Waals surface area contributed by atoms with Crippen molar-refractivity contribution in [1.29, 1.82) is 0 Å². The average molecular weight is 272 g/mol. The first-order chi connectivity index (χ1) is 9.65. The van der Waals surface area contributed by atoms with E-state index in [1.54, 1.807) is 19.1 Å². The summed E-state index contributed by atoms with van der Waals surface area (Å²) in [4.78, 5) is 0. The fraction of sp³-hybridized carbons (Fsp3) is 0.294. The van der Waals surface area contributed by atoms with Crippen molar-refractivity contribution in [2.75, 3.05) is 6.61 Å². The molecule has 104 valence electrons. The molecule has 0 saturated heterocycles. The van der Waals surface area contributed by atoms with E-state index in [0.717, 1.165) is 6.42 Å². The Kier molecular flexibility index (Phi) is 3.45. The number of hydrogen-bond acceptors (Lipinski definition) is 2. The number of aliphatic hydroxyl groups is 1. The van der Waals surface area contributed by atoms with E-state index >= 15 is 0 Å². The predicted molar refractivity (Wildman–Crippen MR) is 75.4 cm³/mol. The number of fused-ring (bicyclic) bond motifs is 1. The molecule has 2 aromatic carbocycles. The lowest BCUT2D eigenvalue weighted by molar-refractivity contribution is 0.193. The second-order valence-corrected chi connectivity index (χ2v) is 5.27. The van der Waals surface area contributed by atoms with E-state index in [4.69, 9.17) is 4.74 Å². The van der Waals surface area contributed by atoms with Crippen LogP contribution in [0.5, 0.6) is 5.75 Å². The van der Waals surface area contributed by atoms with Gasteiger partial charge in [0.25, 0.3) is 0 Å². The molecule has 2 atom stereocenters. The van der Waals surface area contributed by atoms with Gasteiger partial charge in [0, 0.05) is 17.5 Å². The van der Waals surface area contributed by atoms with Gasteiger partial charge in [0.15, 0.2) is 0 Å². The Labute approximate surface area is 117 Å². The van der Waals surface area contributed by atoms with Crippen molar-refractivity contribution in [2.45, 2.75) is 25.4 Å². The molecule has 0 fully saturated rings. The molecule has 0 aliphatic heterocycles. The summed E-state index contributed by atoms with van der Waals surface area (Å²) in [5.41, 5.74) is 3.00. The second-order valence-electron chi connectivity index (χ2n) is 5.27. The highest BCUT2D eigenvalue weighted by Gasteiger charge is 2.25. The fourth-order valence-electron chi connectivity index (χ4n) is 2.64. The molecule has 0 aromatic heterocycles. The van der Waals surface area contributed by atoms with Crippen LogP contribution in [0.15, 0.2) is 42.5 Å². The van der Waals surface area contributed by atoms with E-state index in [0.29, 0.717) is 23.8 Å². The lowest BCUT2D eigenvalue weighted by atomic mass is 9.78. The second kappa shape index (κ2) is 5.25. The molecule has 0 amide bonds. The zero-order valence-electron chi connectivity index (χ0n) is 11.3. The highest BCUT2D eigenvalue weighted by Crippen LogP contribution is 2.35. The number of ether oxygens (including phenoxy) is 1. The van der Waals surface area contributed by atoms with E-state index < -0.39 is 11.9 Å². The molecule has 0 bridgehead atoms. The average Bonchev–Trinajstić information content (AvgIpc) is 2.39. The Morgan fingerprint density at radius 2 is 2.10 bits per heavy atom. The van der Waals surface area contributed by atoms with Crippen molar-refractivity contribution in [3.8, 4) is 5.75 Å². The first-order valence-electron chi connectivity index (χ1n) is 6.83. The first kappa shape index (κ1) is 13.1. The van der Waals surface area contributed by atoms with E-state index in [-0.39, 0.29) is 0 Å². The Morgan fingerprint density at radius 3 is 2.80 bits per heavy atom. The van der Waals surface area contributed by atoms with Crippen LogP contribution in [0.25, 0.3) is 0 Å². The zero-order valence-corrected chi connectivity index (χ0v) is 11.3. The standard InChI is InChI=1S/C17H17FO2/c1-11(19)15-7-6-14(9-17(15)18)20-10-13-8-12-4-2-3-5-16(12)13/h2-7,9,11,13,19H,8,10H2,1H3. The molecule has 1 aliphatic carbocycles. The molecule has 0 saturated carbocycles. The summed E-state index contributed by atoms with van der Waals surface area (Å²) in [7, 11) is 0. The topological polar surface area (TPSA) is 29.5 Å². The summed E-state index contributed by atoms with van der Waals surface area (Å²) in [5.74, 6) is 0.480. The Bertz CT molecular complexity index is 622. The minimum Gasteiger partial charge on any atom is -0.493 e. The van der Waals surface area contributed by atoms with Crippen molar-refractivity contribution in [3.05, 3.63) is 65.0 Å². The maximum absolute atomic E-state index is 13.7. The minimum absolute atomic E-state index is 0.298. The summed E-state index contributed by atoms with van der Waals surface area (Å²) < 4.78 is 19.4. The lowest BCUT2D eigenvalue weighted by Gasteiger charge is -2.29. The Morgan fingerprint density at radius 1 is 1.30 bits per heavy atom. The minimum atomic E-state index is -0.803. The van der Waals surface area contributed by atoms with Gasteiger partial charge in [0.1, 0.15) is 11.6 Å². The third-order valence-corrected chi connectivity index (χ3v) is 3.83. The number of halogens is 1.